The van der Waals surface area contributed by atoms with Crippen LogP contribution in [0.25, 0.3) is 0 Å². The first-order chi connectivity index (χ1) is 8.99. The van der Waals surface area contributed by atoms with E-state index in [9.17, 15) is 9.50 Å². The minimum Gasteiger partial charge on any atom is -0.388 e. The zero-order valence-corrected chi connectivity index (χ0v) is 12.5. The number of aliphatic hydroxyl groups excluding tert-OH is 1. The molecule has 19 heavy (non-hydrogen) atoms. The van der Waals surface area contributed by atoms with Gasteiger partial charge in [-0.15, -0.1) is 0 Å². The summed E-state index contributed by atoms with van der Waals surface area (Å²) in [7, 11) is 0. The van der Waals surface area contributed by atoms with E-state index in [0.29, 0.717) is 16.5 Å². The molecule has 2 rings (SSSR count). The zero-order chi connectivity index (χ0) is 14.0. The summed E-state index contributed by atoms with van der Waals surface area (Å²) in [6, 6.07) is 10.8. The fourth-order valence-corrected chi connectivity index (χ4v) is 2.57. The van der Waals surface area contributed by atoms with Crippen LogP contribution in [0, 0.1) is 19.7 Å². The van der Waals surface area contributed by atoms with Crippen molar-refractivity contribution in [1.29, 1.82) is 0 Å². The number of aryl methyl sites for hydroxylation is 2. The highest BCUT2D eigenvalue weighted by atomic mass is 79.9. The van der Waals surface area contributed by atoms with E-state index >= 15 is 0 Å². The molecule has 1 N–H and O–H groups in total. The Morgan fingerprint density at radius 3 is 2.58 bits per heavy atom. The first-order valence-electron chi connectivity index (χ1n) is 6.17. The van der Waals surface area contributed by atoms with Crippen molar-refractivity contribution in [2.24, 2.45) is 0 Å². The molecule has 0 heterocycles. The fraction of sp³-hybridized carbons (Fsp3) is 0.250. The third-order valence-electron chi connectivity index (χ3n) is 3.34. The van der Waals surface area contributed by atoms with Gasteiger partial charge in [-0.1, -0.05) is 30.3 Å². The Morgan fingerprint density at radius 1 is 1.16 bits per heavy atom. The van der Waals surface area contributed by atoms with Gasteiger partial charge in [0.15, 0.2) is 0 Å². The number of aliphatic hydroxyl groups is 1. The Labute approximate surface area is 121 Å². The SMILES string of the molecule is Cc1ccc(CC(O)c2cccc(F)c2Br)cc1C. The lowest BCUT2D eigenvalue weighted by Gasteiger charge is -2.14. The highest BCUT2D eigenvalue weighted by Crippen LogP contribution is 2.28. The molecule has 0 aliphatic carbocycles. The van der Waals surface area contributed by atoms with Gasteiger partial charge >= 0.3 is 0 Å². The minimum atomic E-state index is -0.716. The van der Waals surface area contributed by atoms with Crippen LogP contribution in [0.2, 0.25) is 0 Å². The number of hydrogen-bond donors (Lipinski definition) is 1. The second-order valence-electron chi connectivity index (χ2n) is 4.78. The van der Waals surface area contributed by atoms with Crippen molar-refractivity contribution in [1.82, 2.24) is 0 Å². The van der Waals surface area contributed by atoms with Crippen LogP contribution < -0.4 is 0 Å². The Balaban J connectivity index is 2.23. The molecule has 1 nitrogen and oxygen atoms in total. The smallest absolute Gasteiger partial charge is 0.137 e. The average molecular weight is 323 g/mol. The molecule has 0 aliphatic heterocycles. The van der Waals surface area contributed by atoms with Gasteiger partial charge < -0.3 is 5.11 Å². The molecule has 100 valence electrons. The van der Waals surface area contributed by atoms with E-state index in [0.717, 1.165) is 5.56 Å². The normalized spacial score (nSPS) is 12.5. The molecule has 3 heteroatoms. The largest absolute Gasteiger partial charge is 0.388 e. The van der Waals surface area contributed by atoms with E-state index in [1.165, 1.54) is 17.2 Å². The third kappa shape index (κ3) is 3.23. The van der Waals surface area contributed by atoms with Crippen LogP contribution in [-0.2, 0) is 6.42 Å². The second-order valence-corrected chi connectivity index (χ2v) is 5.57. The van der Waals surface area contributed by atoms with Crippen LogP contribution in [0.1, 0.15) is 28.4 Å². The number of rotatable bonds is 3. The molecular weight excluding hydrogens is 307 g/mol. The Morgan fingerprint density at radius 2 is 1.89 bits per heavy atom. The molecule has 1 atom stereocenters. The van der Waals surface area contributed by atoms with Gasteiger partial charge in [-0.2, -0.15) is 0 Å². The van der Waals surface area contributed by atoms with Crippen LogP contribution in [0.15, 0.2) is 40.9 Å². The lowest BCUT2D eigenvalue weighted by atomic mass is 9.98. The van der Waals surface area contributed by atoms with Gasteiger partial charge in [0.2, 0.25) is 0 Å². The van der Waals surface area contributed by atoms with Crippen molar-refractivity contribution in [3.05, 3.63) is 68.9 Å². The van der Waals surface area contributed by atoms with Crippen molar-refractivity contribution in [3.63, 3.8) is 0 Å². The van der Waals surface area contributed by atoms with Crippen molar-refractivity contribution in [3.8, 4) is 0 Å². The number of benzene rings is 2. The molecule has 2 aromatic carbocycles. The van der Waals surface area contributed by atoms with Gasteiger partial charge in [0.1, 0.15) is 5.82 Å². The summed E-state index contributed by atoms with van der Waals surface area (Å²) in [6.07, 6.45) is -0.240. The van der Waals surface area contributed by atoms with Gasteiger partial charge in [0.05, 0.1) is 10.6 Å². The molecule has 0 radical (unpaired) electrons. The highest BCUT2D eigenvalue weighted by Gasteiger charge is 2.14. The zero-order valence-electron chi connectivity index (χ0n) is 11.0. The van der Waals surface area contributed by atoms with Crippen LogP contribution in [0.4, 0.5) is 4.39 Å². The predicted octanol–water partition coefficient (Wildman–Crippen LogP) is 4.48. The number of hydrogen-bond acceptors (Lipinski definition) is 1. The van der Waals surface area contributed by atoms with Crippen LogP contribution in [0.5, 0.6) is 0 Å². The van der Waals surface area contributed by atoms with Crippen LogP contribution >= 0.6 is 15.9 Å². The summed E-state index contributed by atoms with van der Waals surface area (Å²) < 4.78 is 13.8. The van der Waals surface area contributed by atoms with Gasteiger partial charge in [-0.25, -0.2) is 4.39 Å². The summed E-state index contributed by atoms with van der Waals surface area (Å²) in [4.78, 5) is 0. The molecular formula is C16H16BrFO. The molecule has 2 aromatic rings. The lowest BCUT2D eigenvalue weighted by Crippen LogP contribution is -2.04. The van der Waals surface area contributed by atoms with E-state index in [-0.39, 0.29) is 5.82 Å². The van der Waals surface area contributed by atoms with Gasteiger partial charge in [0, 0.05) is 6.42 Å². The Kier molecular flexibility index (Phi) is 4.38. The molecule has 0 amide bonds. The monoisotopic (exact) mass is 322 g/mol. The molecule has 0 aliphatic rings. The topological polar surface area (TPSA) is 20.2 Å². The molecule has 0 aromatic heterocycles. The van der Waals surface area contributed by atoms with E-state index in [1.54, 1.807) is 12.1 Å². The molecule has 0 fully saturated rings. The van der Waals surface area contributed by atoms with Crippen molar-refractivity contribution in [2.75, 3.05) is 0 Å². The Hall–Kier alpha value is -1.19. The van der Waals surface area contributed by atoms with Crippen LogP contribution in [-0.4, -0.2) is 5.11 Å². The van der Waals surface area contributed by atoms with Crippen molar-refractivity contribution >= 4 is 15.9 Å². The van der Waals surface area contributed by atoms with E-state index in [4.69, 9.17) is 0 Å². The summed E-state index contributed by atoms with van der Waals surface area (Å²) in [5.74, 6) is -0.350. The van der Waals surface area contributed by atoms with E-state index < -0.39 is 6.10 Å². The first kappa shape index (κ1) is 14.2. The summed E-state index contributed by atoms with van der Waals surface area (Å²) in [5.41, 5.74) is 4.05. The quantitative estimate of drug-likeness (QED) is 0.883. The van der Waals surface area contributed by atoms with Crippen molar-refractivity contribution in [2.45, 2.75) is 26.4 Å². The van der Waals surface area contributed by atoms with E-state index in [2.05, 4.69) is 28.9 Å². The molecule has 0 bridgehead atoms. The maximum Gasteiger partial charge on any atom is 0.137 e. The maximum absolute atomic E-state index is 13.4. The molecule has 1 unspecified atom stereocenters. The number of halogens is 2. The molecule has 0 spiro atoms. The van der Waals surface area contributed by atoms with Gasteiger partial charge in [-0.05, 0) is 58.1 Å². The van der Waals surface area contributed by atoms with Gasteiger partial charge in [-0.3, -0.25) is 0 Å². The average Bonchev–Trinajstić information content (AvgIpc) is 2.37. The standard InChI is InChI=1S/C16H16BrFO/c1-10-6-7-12(8-11(10)2)9-15(19)13-4-3-5-14(18)16(13)17/h3-8,15,19H,9H2,1-2H3. The third-order valence-corrected chi connectivity index (χ3v) is 4.18. The second kappa shape index (κ2) is 5.85. The highest BCUT2D eigenvalue weighted by molar-refractivity contribution is 9.10. The molecule has 0 saturated carbocycles. The predicted molar refractivity (Wildman–Crippen MR) is 78.7 cm³/mol. The van der Waals surface area contributed by atoms with E-state index in [1.807, 2.05) is 19.1 Å². The van der Waals surface area contributed by atoms with Gasteiger partial charge in [0.25, 0.3) is 0 Å². The Bertz CT molecular complexity index is 595. The maximum atomic E-state index is 13.4. The lowest BCUT2D eigenvalue weighted by molar-refractivity contribution is 0.177. The first-order valence-corrected chi connectivity index (χ1v) is 6.96. The molecule has 0 saturated heterocycles. The van der Waals surface area contributed by atoms with Crippen molar-refractivity contribution < 1.29 is 9.50 Å². The van der Waals surface area contributed by atoms with Crippen LogP contribution in [0.3, 0.4) is 0 Å². The summed E-state index contributed by atoms with van der Waals surface area (Å²) >= 11 is 3.19. The summed E-state index contributed by atoms with van der Waals surface area (Å²) in [6.45, 7) is 4.10. The fourth-order valence-electron chi connectivity index (χ4n) is 2.04. The minimum absolute atomic E-state index is 0.339. The summed E-state index contributed by atoms with van der Waals surface area (Å²) in [5, 5.41) is 10.2.